The fourth-order valence-electron chi connectivity index (χ4n) is 1.98. The summed E-state index contributed by atoms with van der Waals surface area (Å²) in [5, 5.41) is 3.43. The van der Waals surface area contributed by atoms with Crippen LogP contribution in [-0.2, 0) is 11.3 Å². The molecule has 0 amide bonds. The third-order valence-corrected chi connectivity index (χ3v) is 2.96. The van der Waals surface area contributed by atoms with Crippen molar-refractivity contribution in [1.29, 1.82) is 0 Å². The lowest BCUT2D eigenvalue weighted by Gasteiger charge is -2.26. The highest BCUT2D eigenvalue weighted by molar-refractivity contribution is 5.09. The SMILES string of the molecule is Cc1cccc(CNCCN2CCOCC2)n1. The number of rotatable bonds is 5. The third-order valence-electron chi connectivity index (χ3n) is 2.96. The van der Waals surface area contributed by atoms with Crippen molar-refractivity contribution >= 4 is 0 Å². The molecule has 4 heteroatoms. The normalized spacial score (nSPS) is 17.2. The van der Waals surface area contributed by atoms with Gasteiger partial charge in [0.05, 0.1) is 18.9 Å². The molecule has 1 N–H and O–H groups in total. The van der Waals surface area contributed by atoms with Crippen LogP contribution in [0.25, 0.3) is 0 Å². The van der Waals surface area contributed by atoms with Gasteiger partial charge in [-0.3, -0.25) is 9.88 Å². The molecule has 2 heterocycles. The van der Waals surface area contributed by atoms with Crippen LogP contribution in [0.1, 0.15) is 11.4 Å². The molecule has 2 rings (SSSR count). The van der Waals surface area contributed by atoms with E-state index in [9.17, 15) is 0 Å². The van der Waals surface area contributed by atoms with Crippen molar-refractivity contribution in [1.82, 2.24) is 15.2 Å². The topological polar surface area (TPSA) is 37.4 Å². The molecule has 0 atom stereocenters. The van der Waals surface area contributed by atoms with Crippen LogP contribution in [0.5, 0.6) is 0 Å². The Hall–Kier alpha value is -0.970. The zero-order valence-corrected chi connectivity index (χ0v) is 10.5. The molecule has 1 saturated heterocycles. The Morgan fingerprint density at radius 2 is 2.18 bits per heavy atom. The summed E-state index contributed by atoms with van der Waals surface area (Å²) in [5.41, 5.74) is 2.20. The van der Waals surface area contributed by atoms with E-state index in [-0.39, 0.29) is 0 Å². The number of aromatic nitrogens is 1. The van der Waals surface area contributed by atoms with E-state index in [1.54, 1.807) is 0 Å². The number of hydrogen-bond donors (Lipinski definition) is 1. The Kier molecular flexibility index (Phi) is 4.91. The van der Waals surface area contributed by atoms with E-state index in [0.717, 1.165) is 57.3 Å². The summed E-state index contributed by atoms with van der Waals surface area (Å²) in [7, 11) is 0. The van der Waals surface area contributed by atoms with E-state index in [1.165, 1.54) is 0 Å². The summed E-state index contributed by atoms with van der Waals surface area (Å²) in [6.45, 7) is 8.85. The second-order valence-corrected chi connectivity index (χ2v) is 4.40. The standard InChI is InChI=1S/C13H21N3O/c1-12-3-2-4-13(15-12)11-14-5-6-16-7-9-17-10-8-16/h2-4,14H,5-11H2,1H3. The molecule has 0 bridgehead atoms. The maximum atomic E-state index is 5.32. The Morgan fingerprint density at radius 3 is 2.94 bits per heavy atom. The van der Waals surface area contributed by atoms with Crippen LogP contribution in [0.2, 0.25) is 0 Å². The second-order valence-electron chi connectivity index (χ2n) is 4.40. The van der Waals surface area contributed by atoms with Gasteiger partial charge in [-0.2, -0.15) is 0 Å². The molecule has 1 aromatic heterocycles. The van der Waals surface area contributed by atoms with E-state index in [1.807, 2.05) is 13.0 Å². The van der Waals surface area contributed by atoms with Gasteiger partial charge in [0.1, 0.15) is 0 Å². The first-order chi connectivity index (χ1) is 8.34. The van der Waals surface area contributed by atoms with E-state index in [2.05, 4.69) is 27.3 Å². The van der Waals surface area contributed by atoms with E-state index >= 15 is 0 Å². The van der Waals surface area contributed by atoms with Crippen molar-refractivity contribution in [2.24, 2.45) is 0 Å². The maximum Gasteiger partial charge on any atom is 0.0594 e. The van der Waals surface area contributed by atoms with Gasteiger partial charge in [0.25, 0.3) is 0 Å². The van der Waals surface area contributed by atoms with Gasteiger partial charge in [-0.05, 0) is 19.1 Å². The van der Waals surface area contributed by atoms with E-state index < -0.39 is 0 Å². The lowest BCUT2D eigenvalue weighted by Crippen LogP contribution is -2.40. The molecule has 1 aromatic rings. The van der Waals surface area contributed by atoms with Crippen molar-refractivity contribution in [3.63, 3.8) is 0 Å². The van der Waals surface area contributed by atoms with E-state index in [4.69, 9.17) is 4.74 Å². The minimum atomic E-state index is 0.853. The first-order valence-corrected chi connectivity index (χ1v) is 6.28. The van der Waals surface area contributed by atoms with Crippen molar-refractivity contribution in [2.75, 3.05) is 39.4 Å². The van der Waals surface area contributed by atoms with Gasteiger partial charge in [0.15, 0.2) is 0 Å². The van der Waals surface area contributed by atoms with Crippen molar-refractivity contribution in [3.8, 4) is 0 Å². The molecule has 0 spiro atoms. The molecule has 0 aromatic carbocycles. The Morgan fingerprint density at radius 1 is 1.35 bits per heavy atom. The molecular formula is C13H21N3O. The molecule has 17 heavy (non-hydrogen) atoms. The van der Waals surface area contributed by atoms with Gasteiger partial charge in [0, 0.05) is 38.4 Å². The van der Waals surface area contributed by atoms with Gasteiger partial charge in [-0.15, -0.1) is 0 Å². The zero-order chi connectivity index (χ0) is 11.9. The van der Waals surface area contributed by atoms with Crippen molar-refractivity contribution in [3.05, 3.63) is 29.6 Å². The summed E-state index contributed by atoms with van der Waals surface area (Å²) in [6.07, 6.45) is 0. The predicted octanol–water partition coefficient (Wildman–Crippen LogP) is 0.812. The molecule has 94 valence electrons. The van der Waals surface area contributed by atoms with Gasteiger partial charge < -0.3 is 10.1 Å². The number of nitrogens with one attached hydrogen (secondary N) is 1. The van der Waals surface area contributed by atoms with E-state index in [0.29, 0.717) is 0 Å². The zero-order valence-electron chi connectivity index (χ0n) is 10.5. The Bertz CT molecular complexity index is 337. The number of aryl methyl sites for hydroxylation is 1. The molecular weight excluding hydrogens is 214 g/mol. The van der Waals surface area contributed by atoms with Crippen molar-refractivity contribution < 1.29 is 4.74 Å². The predicted molar refractivity (Wildman–Crippen MR) is 67.9 cm³/mol. The van der Waals surface area contributed by atoms with Crippen LogP contribution in [0.3, 0.4) is 0 Å². The summed E-state index contributed by atoms with van der Waals surface area (Å²) < 4.78 is 5.32. The first kappa shape index (κ1) is 12.5. The minimum absolute atomic E-state index is 0.853. The Balaban J connectivity index is 1.62. The molecule has 0 aliphatic carbocycles. The fourth-order valence-corrected chi connectivity index (χ4v) is 1.98. The number of morpholine rings is 1. The number of hydrogen-bond acceptors (Lipinski definition) is 4. The highest BCUT2D eigenvalue weighted by Crippen LogP contribution is 1.98. The average Bonchev–Trinajstić information content (AvgIpc) is 2.36. The molecule has 0 saturated carbocycles. The average molecular weight is 235 g/mol. The highest BCUT2D eigenvalue weighted by Gasteiger charge is 2.08. The van der Waals surface area contributed by atoms with Crippen LogP contribution >= 0.6 is 0 Å². The molecule has 0 unspecified atom stereocenters. The van der Waals surface area contributed by atoms with Crippen LogP contribution in [-0.4, -0.2) is 49.3 Å². The van der Waals surface area contributed by atoms with Gasteiger partial charge in [-0.25, -0.2) is 0 Å². The van der Waals surface area contributed by atoms with Crippen molar-refractivity contribution in [2.45, 2.75) is 13.5 Å². The molecule has 1 fully saturated rings. The third kappa shape index (κ3) is 4.42. The lowest BCUT2D eigenvalue weighted by atomic mass is 10.3. The van der Waals surface area contributed by atoms with Crippen LogP contribution in [0, 0.1) is 6.92 Å². The molecule has 0 radical (unpaired) electrons. The minimum Gasteiger partial charge on any atom is -0.379 e. The summed E-state index contributed by atoms with van der Waals surface area (Å²) in [6, 6.07) is 6.15. The summed E-state index contributed by atoms with van der Waals surface area (Å²) in [5.74, 6) is 0. The smallest absolute Gasteiger partial charge is 0.0594 e. The van der Waals surface area contributed by atoms with Gasteiger partial charge >= 0.3 is 0 Å². The van der Waals surface area contributed by atoms with Gasteiger partial charge in [-0.1, -0.05) is 6.07 Å². The summed E-state index contributed by atoms with van der Waals surface area (Å²) in [4.78, 5) is 6.89. The molecule has 4 nitrogen and oxygen atoms in total. The van der Waals surface area contributed by atoms with Crippen LogP contribution in [0.4, 0.5) is 0 Å². The quantitative estimate of drug-likeness (QED) is 0.767. The molecule has 1 aliphatic heterocycles. The monoisotopic (exact) mass is 235 g/mol. The first-order valence-electron chi connectivity index (χ1n) is 6.28. The highest BCUT2D eigenvalue weighted by atomic mass is 16.5. The Labute approximate surface area is 103 Å². The number of ether oxygens (including phenoxy) is 1. The van der Waals surface area contributed by atoms with Gasteiger partial charge in [0.2, 0.25) is 0 Å². The number of nitrogens with zero attached hydrogens (tertiary/aromatic N) is 2. The van der Waals surface area contributed by atoms with Crippen LogP contribution < -0.4 is 5.32 Å². The summed E-state index contributed by atoms with van der Waals surface area (Å²) >= 11 is 0. The largest absolute Gasteiger partial charge is 0.379 e. The lowest BCUT2D eigenvalue weighted by molar-refractivity contribution is 0.0384. The molecule has 1 aliphatic rings. The van der Waals surface area contributed by atoms with Crippen LogP contribution in [0.15, 0.2) is 18.2 Å². The fraction of sp³-hybridized carbons (Fsp3) is 0.615. The maximum absolute atomic E-state index is 5.32. The number of pyridine rings is 1. The second kappa shape index (κ2) is 6.69.